The van der Waals surface area contributed by atoms with Crippen LogP contribution in [-0.4, -0.2) is 6.54 Å². The summed E-state index contributed by atoms with van der Waals surface area (Å²) in [5.74, 6) is 0.850. The highest BCUT2D eigenvalue weighted by Crippen LogP contribution is 2.25. The minimum Gasteiger partial charge on any atom is -0.489 e. The number of hydrogen-bond donors (Lipinski definition) is 1. The van der Waals surface area contributed by atoms with Crippen LogP contribution in [0.1, 0.15) is 17.5 Å². The molecule has 106 valence electrons. The van der Waals surface area contributed by atoms with Crippen LogP contribution >= 0.6 is 23.2 Å². The lowest BCUT2D eigenvalue weighted by molar-refractivity contribution is 0.303. The molecule has 0 spiro atoms. The second-order valence-electron chi connectivity index (χ2n) is 4.56. The molecule has 0 unspecified atom stereocenters. The molecule has 0 aliphatic carbocycles. The predicted octanol–water partition coefficient (Wildman–Crippen LogP) is 4.46. The molecule has 0 aliphatic rings. The minimum absolute atomic E-state index is 0.484. The Morgan fingerprint density at radius 2 is 1.80 bits per heavy atom. The minimum atomic E-state index is 0.484. The van der Waals surface area contributed by atoms with E-state index in [9.17, 15) is 0 Å². The molecule has 0 amide bonds. The summed E-state index contributed by atoms with van der Waals surface area (Å²) in [5, 5.41) is 1.43. The largest absolute Gasteiger partial charge is 0.489 e. The first kappa shape index (κ1) is 15.2. The molecule has 20 heavy (non-hydrogen) atoms. The first-order chi connectivity index (χ1) is 9.69. The number of benzene rings is 2. The van der Waals surface area contributed by atoms with Gasteiger partial charge in [0.1, 0.15) is 12.4 Å². The fourth-order valence-corrected chi connectivity index (χ4v) is 2.37. The van der Waals surface area contributed by atoms with Crippen LogP contribution in [0.5, 0.6) is 5.75 Å². The number of rotatable bonds is 6. The average Bonchev–Trinajstić information content (AvgIpc) is 2.44. The maximum absolute atomic E-state index is 6.03. The van der Waals surface area contributed by atoms with E-state index < -0.39 is 0 Å². The monoisotopic (exact) mass is 309 g/mol. The Labute approximate surface area is 129 Å². The summed E-state index contributed by atoms with van der Waals surface area (Å²) < 4.78 is 5.87. The summed E-state index contributed by atoms with van der Waals surface area (Å²) in [6.45, 7) is 1.14. The lowest BCUT2D eigenvalue weighted by atomic mass is 10.1. The van der Waals surface area contributed by atoms with Crippen molar-refractivity contribution >= 4 is 23.2 Å². The molecule has 4 heteroatoms. The molecule has 2 aromatic rings. The van der Waals surface area contributed by atoms with E-state index in [0.29, 0.717) is 23.2 Å². The van der Waals surface area contributed by atoms with Crippen molar-refractivity contribution in [2.24, 2.45) is 5.73 Å². The molecule has 0 fully saturated rings. The SMILES string of the molecule is NCCCc1cc(Cl)ccc1OCc1cccc(Cl)c1. The van der Waals surface area contributed by atoms with Crippen molar-refractivity contribution in [1.82, 2.24) is 0 Å². The van der Waals surface area contributed by atoms with Gasteiger partial charge in [-0.05, 0) is 60.8 Å². The number of ether oxygens (including phenoxy) is 1. The van der Waals surface area contributed by atoms with Crippen molar-refractivity contribution in [1.29, 1.82) is 0 Å². The average molecular weight is 310 g/mol. The Morgan fingerprint density at radius 1 is 1.00 bits per heavy atom. The van der Waals surface area contributed by atoms with Crippen molar-refractivity contribution in [3.63, 3.8) is 0 Å². The number of aryl methyl sites for hydroxylation is 1. The van der Waals surface area contributed by atoms with Crippen LogP contribution in [0.15, 0.2) is 42.5 Å². The van der Waals surface area contributed by atoms with Gasteiger partial charge in [0.2, 0.25) is 0 Å². The van der Waals surface area contributed by atoms with Crippen LogP contribution in [0.2, 0.25) is 10.0 Å². The summed E-state index contributed by atoms with van der Waals surface area (Å²) >= 11 is 12.0. The number of hydrogen-bond acceptors (Lipinski definition) is 2. The summed E-state index contributed by atoms with van der Waals surface area (Å²) in [6.07, 6.45) is 1.77. The van der Waals surface area contributed by atoms with Gasteiger partial charge in [-0.1, -0.05) is 35.3 Å². The lowest BCUT2D eigenvalue weighted by Crippen LogP contribution is -2.03. The molecule has 0 aliphatic heterocycles. The van der Waals surface area contributed by atoms with Crippen LogP contribution in [0.3, 0.4) is 0 Å². The first-order valence-electron chi connectivity index (χ1n) is 6.55. The van der Waals surface area contributed by atoms with Crippen LogP contribution in [0.25, 0.3) is 0 Å². The molecule has 0 saturated heterocycles. The standard InChI is InChI=1S/C16H17Cl2NO/c17-14-5-1-3-12(9-14)11-20-16-7-6-15(18)10-13(16)4-2-8-19/h1,3,5-7,9-10H,2,4,8,11,19H2. The normalized spacial score (nSPS) is 10.6. The molecule has 2 nitrogen and oxygen atoms in total. The van der Waals surface area contributed by atoms with Gasteiger partial charge in [0.05, 0.1) is 0 Å². The Kier molecular flexibility index (Phi) is 5.72. The van der Waals surface area contributed by atoms with Crippen molar-refractivity contribution in [3.8, 4) is 5.75 Å². The predicted molar refractivity (Wildman–Crippen MR) is 84.6 cm³/mol. The van der Waals surface area contributed by atoms with Gasteiger partial charge in [0, 0.05) is 10.0 Å². The zero-order chi connectivity index (χ0) is 14.4. The molecular weight excluding hydrogens is 293 g/mol. The van der Waals surface area contributed by atoms with E-state index >= 15 is 0 Å². The fourth-order valence-electron chi connectivity index (χ4n) is 1.96. The van der Waals surface area contributed by atoms with Crippen molar-refractivity contribution in [2.45, 2.75) is 19.4 Å². The molecule has 0 saturated carbocycles. The van der Waals surface area contributed by atoms with Crippen molar-refractivity contribution in [2.75, 3.05) is 6.54 Å². The maximum Gasteiger partial charge on any atom is 0.123 e. The van der Waals surface area contributed by atoms with E-state index in [1.165, 1.54) is 0 Å². The van der Waals surface area contributed by atoms with Gasteiger partial charge in [-0.3, -0.25) is 0 Å². The Hall–Kier alpha value is -1.22. The van der Waals surface area contributed by atoms with Crippen LogP contribution in [-0.2, 0) is 13.0 Å². The maximum atomic E-state index is 6.03. The number of nitrogens with two attached hydrogens (primary N) is 1. The Balaban J connectivity index is 2.08. The zero-order valence-corrected chi connectivity index (χ0v) is 12.6. The Morgan fingerprint density at radius 3 is 2.55 bits per heavy atom. The van der Waals surface area contributed by atoms with Gasteiger partial charge in [0.25, 0.3) is 0 Å². The van der Waals surface area contributed by atoms with Crippen LogP contribution < -0.4 is 10.5 Å². The summed E-state index contributed by atoms with van der Waals surface area (Å²) in [6, 6.07) is 13.3. The topological polar surface area (TPSA) is 35.2 Å². The van der Waals surface area contributed by atoms with E-state index in [0.717, 1.165) is 29.7 Å². The summed E-state index contributed by atoms with van der Waals surface area (Å²) in [4.78, 5) is 0. The number of halogens is 2. The van der Waals surface area contributed by atoms with E-state index in [2.05, 4.69) is 0 Å². The van der Waals surface area contributed by atoms with Gasteiger partial charge in [-0.25, -0.2) is 0 Å². The smallest absolute Gasteiger partial charge is 0.123 e. The van der Waals surface area contributed by atoms with E-state index in [1.807, 2.05) is 42.5 Å². The molecule has 0 bridgehead atoms. The third kappa shape index (κ3) is 4.41. The van der Waals surface area contributed by atoms with Crippen molar-refractivity contribution < 1.29 is 4.74 Å². The molecule has 0 aromatic heterocycles. The van der Waals surface area contributed by atoms with Crippen LogP contribution in [0, 0.1) is 0 Å². The fraction of sp³-hybridized carbons (Fsp3) is 0.250. The highest BCUT2D eigenvalue weighted by atomic mass is 35.5. The van der Waals surface area contributed by atoms with Crippen molar-refractivity contribution in [3.05, 3.63) is 63.6 Å². The van der Waals surface area contributed by atoms with Gasteiger partial charge in [-0.2, -0.15) is 0 Å². The van der Waals surface area contributed by atoms with E-state index in [-0.39, 0.29) is 0 Å². The second-order valence-corrected chi connectivity index (χ2v) is 5.44. The summed E-state index contributed by atoms with van der Waals surface area (Å²) in [5.41, 5.74) is 7.68. The first-order valence-corrected chi connectivity index (χ1v) is 7.30. The second kappa shape index (κ2) is 7.53. The van der Waals surface area contributed by atoms with Crippen LogP contribution in [0.4, 0.5) is 0 Å². The molecule has 0 atom stereocenters. The third-order valence-corrected chi connectivity index (χ3v) is 3.43. The molecular formula is C16H17Cl2NO. The zero-order valence-electron chi connectivity index (χ0n) is 11.1. The van der Waals surface area contributed by atoms with Gasteiger partial charge < -0.3 is 10.5 Å². The van der Waals surface area contributed by atoms with Gasteiger partial charge in [-0.15, -0.1) is 0 Å². The van der Waals surface area contributed by atoms with Gasteiger partial charge >= 0.3 is 0 Å². The molecule has 0 radical (unpaired) electrons. The highest BCUT2D eigenvalue weighted by molar-refractivity contribution is 6.30. The third-order valence-electron chi connectivity index (χ3n) is 2.96. The van der Waals surface area contributed by atoms with E-state index in [1.54, 1.807) is 0 Å². The molecule has 2 N–H and O–H groups in total. The quantitative estimate of drug-likeness (QED) is 0.854. The van der Waals surface area contributed by atoms with E-state index in [4.69, 9.17) is 33.7 Å². The van der Waals surface area contributed by atoms with Gasteiger partial charge in [0.15, 0.2) is 0 Å². The molecule has 0 heterocycles. The Bertz CT molecular complexity index is 572. The lowest BCUT2D eigenvalue weighted by Gasteiger charge is -2.12. The highest BCUT2D eigenvalue weighted by Gasteiger charge is 2.05. The molecule has 2 rings (SSSR count). The molecule has 2 aromatic carbocycles. The summed E-state index contributed by atoms with van der Waals surface area (Å²) in [7, 11) is 0.